The minimum Gasteiger partial charge on any atom is -0.488 e. The van der Waals surface area contributed by atoms with Gasteiger partial charge in [0.15, 0.2) is 0 Å². The second kappa shape index (κ2) is 5.73. The molecule has 0 saturated heterocycles. The van der Waals surface area contributed by atoms with Crippen LogP contribution < -0.4 is 10.1 Å². The molecule has 0 atom stereocenters. The molecule has 0 aliphatic heterocycles. The molecule has 1 aromatic rings. The summed E-state index contributed by atoms with van der Waals surface area (Å²) in [6.07, 6.45) is 2.42. The summed E-state index contributed by atoms with van der Waals surface area (Å²) in [5.41, 5.74) is 1.17. The normalized spacial score (nSPS) is 14.1. The molecule has 0 bridgehead atoms. The number of aliphatic hydroxyl groups excluding tert-OH is 1. The fourth-order valence-corrected chi connectivity index (χ4v) is 1.57. The molecule has 5 nitrogen and oxygen atoms in total. The number of hydrogen-bond acceptors (Lipinski definition) is 5. The van der Waals surface area contributed by atoms with E-state index in [-0.39, 0.29) is 18.7 Å². The smallest absolute Gasteiger partial charge is 0.337 e. The van der Waals surface area contributed by atoms with Gasteiger partial charge in [-0.2, -0.15) is 0 Å². The maximum Gasteiger partial charge on any atom is 0.337 e. The Morgan fingerprint density at radius 1 is 1.50 bits per heavy atom. The number of aliphatic hydroxyl groups is 1. The molecule has 0 aromatic heterocycles. The molecule has 0 radical (unpaired) electrons. The lowest BCUT2D eigenvalue weighted by Crippen LogP contribution is -2.10. The first-order valence-corrected chi connectivity index (χ1v) is 5.98. The van der Waals surface area contributed by atoms with Gasteiger partial charge in [-0.25, -0.2) is 4.79 Å². The largest absolute Gasteiger partial charge is 0.488 e. The Bertz CT molecular complexity index is 429. The number of rotatable bonds is 6. The number of carbonyl (C=O) groups excluding carboxylic acids is 1. The quantitative estimate of drug-likeness (QED) is 0.748. The van der Waals surface area contributed by atoms with Crippen LogP contribution in [-0.2, 0) is 4.74 Å². The summed E-state index contributed by atoms with van der Waals surface area (Å²) >= 11 is 0. The summed E-state index contributed by atoms with van der Waals surface area (Å²) in [7, 11) is 1.35. The highest BCUT2D eigenvalue weighted by Gasteiger charge is 2.24. The number of hydrogen-bond donors (Lipinski definition) is 2. The second-order valence-electron chi connectivity index (χ2n) is 4.17. The van der Waals surface area contributed by atoms with Crippen molar-refractivity contribution in [1.29, 1.82) is 0 Å². The molecule has 0 heterocycles. The molecular formula is C13H17NO4. The van der Waals surface area contributed by atoms with Crippen LogP contribution in [0.1, 0.15) is 23.2 Å². The van der Waals surface area contributed by atoms with Crippen LogP contribution in [0, 0.1) is 0 Å². The average Bonchev–Trinajstić information content (AvgIpc) is 3.20. The van der Waals surface area contributed by atoms with Crippen LogP contribution >= 0.6 is 0 Å². The molecule has 1 fully saturated rings. The standard InChI is InChI=1S/C13H17NO4/c1-17-13(16)9-2-5-12(18-10-3-4-10)11(8-9)14-6-7-15/h2,5,8,10,14-15H,3-4,6-7H2,1H3. The van der Waals surface area contributed by atoms with Crippen LogP contribution in [0.3, 0.4) is 0 Å². The van der Waals surface area contributed by atoms with Gasteiger partial charge in [0.1, 0.15) is 5.75 Å². The molecule has 1 aromatic carbocycles. The zero-order valence-electron chi connectivity index (χ0n) is 10.3. The highest BCUT2D eigenvalue weighted by atomic mass is 16.5. The van der Waals surface area contributed by atoms with Gasteiger partial charge in [-0.15, -0.1) is 0 Å². The number of anilines is 1. The van der Waals surface area contributed by atoms with E-state index in [1.54, 1.807) is 18.2 Å². The van der Waals surface area contributed by atoms with E-state index in [2.05, 4.69) is 10.1 Å². The predicted molar refractivity (Wildman–Crippen MR) is 67.0 cm³/mol. The summed E-state index contributed by atoms with van der Waals surface area (Å²) in [6, 6.07) is 5.11. The Morgan fingerprint density at radius 2 is 2.28 bits per heavy atom. The van der Waals surface area contributed by atoms with Crippen LogP contribution in [-0.4, -0.2) is 37.4 Å². The maximum atomic E-state index is 11.4. The van der Waals surface area contributed by atoms with E-state index in [1.807, 2.05) is 0 Å². The maximum absolute atomic E-state index is 11.4. The molecule has 2 rings (SSSR count). The topological polar surface area (TPSA) is 67.8 Å². The molecule has 1 aliphatic rings. The molecule has 1 aliphatic carbocycles. The summed E-state index contributed by atoms with van der Waals surface area (Å²) in [5.74, 6) is 0.318. The minimum atomic E-state index is -0.389. The van der Waals surface area contributed by atoms with Crippen LogP contribution in [0.4, 0.5) is 5.69 Å². The lowest BCUT2D eigenvalue weighted by Gasteiger charge is -2.13. The first-order chi connectivity index (χ1) is 8.74. The van der Waals surface area contributed by atoms with Gasteiger partial charge in [0, 0.05) is 6.54 Å². The highest BCUT2D eigenvalue weighted by molar-refractivity contribution is 5.91. The summed E-state index contributed by atoms with van der Waals surface area (Å²) < 4.78 is 10.4. The van der Waals surface area contributed by atoms with E-state index in [4.69, 9.17) is 9.84 Å². The lowest BCUT2D eigenvalue weighted by molar-refractivity contribution is 0.0601. The lowest BCUT2D eigenvalue weighted by atomic mass is 10.2. The van der Waals surface area contributed by atoms with Crippen molar-refractivity contribution in [3.05, 3.63) is 23.8 Å². The SMILES string of the molecule is COC(=O)c1ccc(OC2CC2)c(NCCO)c1. The first-order valence-electron chi connectivity index (χ1n) is 5.98. The molecule has 2 N–H and O–H groups in total. The fourth-order valence-electron chi connectivity index (χ4n) is 1.57. The van der Waals surface area contributed by atoms with E-state index in [0.29, 0.717) is 23.5 Å². The number of benzene rings is 1. The van der Waals surface area contributed by atoms with Crippen LogP contribution in [0.25, 0.3) is 0 Å². The monoisotopic (exact) mass is 251 g/mol. The van der Waals surface area contributed by atoms with E-state index in [0.717, 1.165) is 12.8 Å². The van der Waals surface area contributed by atoms with Gasteiger partial charge in [-0.1, -0.05) is 0 Å². The van der Waals surface area contributed by atoms with Crippen LogP contribution in [0.5, 0.6) is 5.75 Å². The fraction of sp³-hybridized carbons (Fsp3) is 0.462. The van der Waals surface area contributed by atoms with Gasteiger partial charge in [0.2, 0.25) is 0 Å². The molecule has 5 heteroatoms. The summed E-state index contributed by atoms with van der Waals surface area (Å²) in [6.45, 7) is 0.428. The van der Waals surface area contributed by atoms with Crippen molar-refractivity contribution < 1.29 is 19.4 Å². The number of esters is 1. The summed E-state index contributed by atoms with van der Waals surface area (Å²) in [5, 5.41) is 11.9. The number of ether oxygens (including phenoxy) is 2. The number of nitrogens with one attached hydrogen (secondary N) is 1. The van der Waals surface area contributed by atoms with Gasteiger partial charge in [-0.3, -0.25) is 0 Å². The van der Waals surface area contributed by atoms with Gasteiger partial charge in [-0.05, 0) is 31.0 Å². The molecule has 0 spiro atoms. The summed E-state index contributed by atoms with van der Waals surface area (Å²) in [4.78, 5) is 11.4. The van der Waals surface area contributed by atoms with Crippen molar-refractivity contribution in [2.45, 2.75) is 18.9 Å². The minimum absolute atomic E-state index is 0.0192. The Hall–Kier alpha value is -1.75. The average molecular weight is 251 g/mol. The molecule has 1 saturated carbocycles. The third kappa shape index (κ3) is 3.13. The van der Waals surface area contributed by atoms with Crippen molar-refractivity contribution in [1.82, 2.24) is 0 Å². The van der Waals surface area contributed by atoms with Crippen molar-refractivity contribution in [2.75, 3.05) is 25.6 Å². The van der Waals surface area contributed by atoms with E-state index >= 15 is 0 Å². The molecule has 98 valence electrons. The van der Waals surface area contributed by atoms with Crippen LogP contribution in [0.15, 0.2) is 18.2 Å². The third-order valence-electron chi connectivity index (χ3n) is 2.65. The second-order valence-corrected chi connectivity index (χ2v) is 4.17. The van der Waals surface area contributed by atoms with Crippen molar-refractivity contribution >= 4 is 11.7 Å². The predicted octanol–water partition coefficient (Wildman–Crippen LogP) is 1.42. The molecule has 18 heavy (non-hydrogen) atoms. The van der Waals surface area contributed by atoms with Gasteiger partial charge in [0.05, 0.1) is 31.1 Å². The molecule has 0 amide bonds. The van der Waals surface area contributed by atoms with Crippen molar-refractivity contribution in [2.24, 2.45) is 0 Å². The Labute approximate surface area is 106 Å². The highest BCUT2D eigenvalue weighted by Crippen LogP contribution is 2.32. The van der Waals surface area contributed by atoms with Crippen molar-refractivity contribution in [3.63, 3.8) is 0 Å². The molecule has 0 unspecified atom stereocenters. The van der Waals surface area contributed by atoms with Crippen LogP contribution in [0.2, 0.25) is 0 Å². The zero-order valence-corrected chi connectivity index (χ0v) is 10.3. The number of methoxy groups -OCH3 is 1. The number of carbonyl (C=O) groups is 1. The van der Waals surface area contributed by atoms with Crippen molar-refractivity contribution in [3.8, 4) is 5.75 Å². The van der Waals surface area contributed by atoms with Gasteiger partial charge in [0.25, 0.3) is 0 Å². The van der Waals surface area contributed by atoms with Gasteiger partial charge >= 0.3 is 5.97 Å². The van der Waals surface area contributed by atoms with Gasteiger partial charge < -0.3 is 19.9 Å². The Kier molecular flexibility index (Phi) is 4.04. The van der Waals surface area contributed by atoms with E-state index in [9.17, 15) is 4.79 Å². The van der Waals surface area contributed by atoms with E-state index in [1.165, 1.54) is 7.11 Å². The Balaban J connectivity index is 2.18. The van der Waals surface area contributed by atoms with E-state index < -0.39 is 0 Å². The molecular weight excluding hydrogens is 234 g/mol. The first kappa shape index (κ1) is 12.7. The third-order valence-corrected chi connectivity index (χ3v) is 2.65. The zero-order chi connectivity index (χ0) is 13.0. The Morgan fingerprint density at radius 3 is 2.89 bits per heavy atom.